The molecule has 0 radical (unpaired) electrons. The number of nitrogens with one attached hydrogen (secondary N) is 2. The van der Waals surface area contributed by atoms with Crippen LogP contribution in [0.25, 0.3) is 0 Å². The summed E-state index contributed by atoms with van der Waals surface area (Å²) >= 11 is 5.95. The highest BCUT2D eigenvalue weighted by Gasteiger charge is 2.78. The zero-order valence-corrected chi connectivity index (χ0v) is 19.3. The number of likely N-dealkylation sites (tertiary alicyclic amines) is 1. The van der Waals surface area contributed by atoms with Crippen molar-refractivity contribution < 1.29 is 24.2 Å². The summed E-state index contributed by atoms with van der Waals surface area (Å²) in [6.07, 6.45) is 1.84. The second-order valence-corrected chi connectivity index (χ2v) is 9.73. The Morgan fingerprint density at radius 1 is 1.28 bits per heavy atom. The molecule has 174 valence electrons. The molecule has 32 heavy (non-hydrogen) atoms. The molecule has 0 aromatic heterocycles. The molecule has 3 N–H and O–H groups in total. The second kappa shape index (κ2) is 8.32. The van der Waals surface area contributed by atoms with Gasteiger partial charge in [0.1, 0.15) is 11.6 Å². The van der Waals surface area contributed by atoms with Crippen LogP contribution < -0.4 is 10.6 Å². The molecule has 1 aromatic rings. The summed E-state index contributed by atoms with van der Waals surface area (Å²) in [6.45, 7) is 5.72. The number of rotatable bonds is 7. The van der Waals surface area contributed by atoms with Gasteiger partial charge in [0.2, 0.25) is 17.7 Å². The Labute approximate surface area is 192 Å². The van der Waals surface area contributed by atoms with Gasteiger partial charge < -0.3 is 25.4 Å². The van der Waals surface area contributed by atoms with E-state index < -0.39 is 41.0 Å². The molecule has 4 rings (SSSR count). The van der Waals surface area contributed by atoms with E-state index in [0.29, 0.717) is 30.1 Å². The van der Waals surface area contributed by atoms with Gasteiger partial charge in [0.25, 0.3) is 0 Å². The van der Waals surface area contributed by atoms with Crippen molar-refractivity contribution in [1.29, 1.82) is 0 Å². The third kappa shape index (κ3) is 3.40. The average molecular weight is 464 g/mol. The minimum Gasteiger partial charge on any atom is -0.394 e. The van der Waals surface area contributed by atoms with Crippen molar-refractivity contribution in [1.82, 2.24) is 10.2 Å². The Hall–Kier alpha value is -2.16. The molecule has 1 spiro atoms. The highest BCUT2D eigenvalue weighted by atomic mass is 35.5. The molecule has 2 unspecified atom stereocenters. The summed E-state index contributed by atoms with van der Waals surface area (Å²) in [5.41, 5.74) is -1.38. The van der Waals surface area contributed by atoms with Gasteiger partial charge in [-0.3, -0.25) is 14.4 Å². The first-order chi connectivity index (χ1) is 15.2. The number of amides is 3. The zero-order valence-electron chi connectivity index (χ0n) is 18.6. The zero-order chi connectivity index (χ0) is 23.3. The lowest BCUT2D eigenvalue weighted by Crippen LogP contribution is -2.55. The van der Waals surface area contributed by atoms with E-state index >= 15 is 0 Å². The van der Waals surface area contributed by atoms with Crippen LogP contribution in [0.4, 0.5) is 5.69 Å². The monoisotopic (exact) mass is 463 g/mol. The number of carbonyl (C=O) groups is 3. The summed E-state index contributed by atoms with van der Waals surface area (Å²) < 4.78 is 6.48. The van der Waals surface area contributed by atoms with Gasteiger partial charge in [0.05, 0.1) is 30.1 Å². The number of hydrogen-bond donors (Lipinski definition) is 3. The maximum atomic E-state index is 13.7. The van der Waals surface area contributed by atoms with Gasteiger partial charge in [-0.2, -0.15) is 0 Å². The molecule has 8 nitrogen and oxygen atoms in total. The van der Waals surface area contributed by atoms with Gasteiger partial charge in [-0.1, -0.05) is 18.5 Å². The van der Waals surface area contributed by atoms with Gasteiger partial charge >= 0.3 is 0 Å². The van der Waals surface area contributed by atoms with Crippen LogP contribution in [0.15, 0.2) is 24.3 Å². The average Bonchev–Trinajstić information content (AvgIpc) is 3.33. The van der Waals surface area contributed by atoms with Crippen LogP contribution in [0.3, 0.4) is 0 Å². The van der Waals surface area contributed by atoms with Crippen LogP contribution in [0.2, 0.25) is 5.02 Å². The van der Waals surface area contributed by atoms with E-state index in [0.717, 1.165) is 6.42 Å². The number of nitrogens with zero attached hydrogens (tertiary/aromatic N) is 1. The molecule has 3 heterocycles. The van der Waals surface area contributed by atoms with Crippen molar-refractivity contribution in [2.45, 2.75) is 63.3 Å². The number of fused-ring (bicyclic) bond motifs is 1. The Morgan fingerprint density at radius 3 is 2.59 bits per heavy atom. The number of hydrogen-bond acceptors (Lipinski definition) is 5. The maximum Gasteiger partial charge on any atom is 0.250 e. The number of aliphatic hydroxyl groups excluding tert-OH is 1. The van der Waals surface area contributed by atoms with E-state index in [2.05, 4.69) is 10.6 Å². The summed E-state index contributed by atoms with van der Waals surface area (Å²) in [5, 5.41) is 16.2. The first-order valence-corrected chi connectivity index (χ1v) is 11.5. The van der Waals surface area contributed by atoms with Crippen molar-refractivity contribution >= 4 is 35.0 Å². The molecular formula is C23H30ClN3O5. The second-order valence-electron chi connectivity index (χ2n) is 9.29. The Bertz CT molecular complexity index is 925. The van der Waals surface area contributed by atoms with E-state index in [1.807, 2.05) is 13.8 Å². The van der Waals surface area contributed by atoms with Crippen molar-refractivity contribution in [3.63, 3.8) is 0 Å². The summed E-state index contributed by atoms with van der Waals surface area (Å²) in [4.78, 5) is 41.7. The van der Waals surface area contributed by atoms with Crippen molar-refractivity contribution in [2.24, 2.45) is 11.8 Å². The largest absolute Gasteiger partial charge is 0.394 e. The molecule has 3 amide bonds. The number of carbonyl (C=O) groups excluding carboxylic acids is 3. The van der Waals surface area contributed by atoms with E-state index in [1.165, 1.54) is 4.90 Å². The fourth-order valence-electron chi connectivity index (χ4n) is 5.73. The molecule has 3 fully saturated rings. The highest BCUT2D eigenvalue weighted by molar-refractivity contribution is 6.30. The van der Waals surface area contributed by atoms with Gasteiger partial charge in [0.15, 0.2) is 0 Å². The molecule has 0 aliphatic carbocycles. The molecule has 3 aliphatic heterocycles. The smallest absolute Gasteiger partial charge is 0.250 e. The fourth-order valence-corrected chi connectivity index (χ4v) is 5.85. The van der Waals surface area contributed by atoms with E-state index in [9.17, 15) is 19.5 Å². The molecule has 2 bridgehead atoms. The lowest BCUT2D eigenvalue weighted by molar-refractivity contribution is -0.147. The van der Waals surface area contributed by atoms with Crippen LogP contribution in [0.1, 0.15) is 40.0 Å². The number of aliphatic hydroxyl groups is 1. The normalized spacial score (nSPS) is 33.8. The quantitative estimate of drug-likeness (QED) is 0.572. The minimum absolute atomic E-state index is 0.218. The maximum absolute atomic E-state index is 13.7. The number of benzene rings is 1. The predicted octanol–water partition coefficient (Wildman–Crippen LogP) is 1.95. The molecule has 3 saturated heterocycles. The van der Waals surface area contributed by atoms with E-state index in [1.54, 1.807) is 31.2 Å². The molecule has 9 heteroatoms. The van der Waals surface area contributed by atoms with Crippen molar-refractivity contribution in [3.05, 3.63) is 29.3 Å². The lowest BCUT2D eigenvalue weighted by Gasteiger charge is -2.35. The Kier molecular flexibility index (Phi) is 5.98. The van der Waals surface area contributed by atoms with Crippen LogP contribution in [-0.2, 0) is 19.1 Å². The van der Waals surface area contributed by atoms with E-state index in [-0.39, 0.29) is 18.4 Å². The third-order valence-corrected chi connectivity index (χ3v) is 7.40. The first kappa shape index (κ1) is 23.0. The van der Waals surface area contributed by atoms with Crippen molar-refractivity contribution in [2.75, 3.05) is 18.5 Å². The molecule has 3 aliphatic rings. The lowest BCUT2D eigenvalue weighted by atomic mass is 9.66. The fraction of sp³-hybridized carbons (Fsp3) is 0.609. The topological polar surface area (TPSA) is 108 Å². The van der Waals surface area contributed by atoms with Gasteiger partial charge in [-0.25, -0.2) is 0 Å². The predicted molar refractivity (Wildman–Crippen MR) is 119 cm³/mol. The van der Waals surface area contributed by atoms with Gasteiger partial charge in [0, 0.05) is 17.3 Å². The minimum atomic E-state index is -1.11. The van der Waals surface area contributed by atoms with Crippen LogP contribution >= 0.6 is 11.6 Å². The number of ether oxygens (including phenoxy) is 1. The van der Waals surface area contributed by atoms with Gasteiger partial charge in [-0.05, 0) is 57.4 Å². The molecular weight excluding hydrogens is 434 g/mol. The van der Waals surface area contributed by atoms with E-state index in [4.69, 9.17) is 16.3 Å². The summed E-state index contributed by atoms with van der Waals surface area (Å²) in [6, 6.07) is 5.14. The third-order valence-electron chi connectivity index (χ3n) is 7.15. The van der Waals surface area contributed by atoms with Gasteiger partial charge in [-0.15, -0.1) is 0 Å². The number of anilines is 1. The van der Waals surface area contributed by atoms with Crippen LogP contribution in [0.5, 0.6) is 0 Å². The molecule has 6 atom stereocenters. The first-order valence-electron chi connectivity index (χ1n) is 11.2. The number of halogens is 1. The standard InChI is InChI=1S/C23H30ClN3O5/c1-4-11-25-19(29)16-17-21(31)27(13(2)12-28)18(23(17)10-9-22(16,3)32-23)20(30)26-15-7-5-14(24)6-8-15/h5-8,13,16-18,28H,4,9-12H2,1-3H3,(H,25,29)(H,26,30)/t13-,16+,17+,18?,22-,23?/m1/s1. The highest BCUT2D eigenvalue weighted by Crippen LogP contribution is 2.63. The Balaban J connectivity index is 1.72. The van der Waals surface area contributed by atoms with Crippen LogP contribution in [0, 0.1) is 11.8 Å². The SMILES string of the molecule is CCCNC(=O)[C@@H]1[C@H]2C(=O)N([C@H](C)CO)C(C(=O)Nc3ccc(Cl)cc3)C23CC[C@@]1(C)O3. The molecule has 0 saturated carbocycles. The Morgan fingerprint density at radius 2 is 1.97 bits per heavy atom. The van der Waals surface area contributed by atoms with Crippen molar-refractivity contribution in [3.8, 4) is 0 Å². The van der Waals surface area contributed by atoms with Crippen LogP contribution in [-0.4, -0.2) is 64.2 Å². The summed E-state index contributed by atoms with van der Waals surface area (Å²) in [5.74, 6) is -2.39. The molecule has 1 aromatic carbocycles. The summed E-state index contributed by atoms with van der Waals surface area (Å²) in [7, 11) is 0.